The van der Waals surface area contributed by atoms with Crippen molar-refractivity contribution in [1.29, 1.82) is 0 Å². The lowest BCUT2D eigenvalue weighted by atomic mass is 10.1. The number of phenols is 2. The molecule has 0 unspecified atom stereocenters. The average Bonchev–Trinajstić information content (AvgIpc) is 3.06. The van der Waals surface area contributed by atoms with E-state index in [1.807, 2.05) is 6.07 Å². The summed E-state index contributed by atoms with van der Waals surface area (Å²) in [7, 11) is -3.83. The van der Waals surface area contributed by atoms with Gasteiger partial charge in [0.1, 0.15) is 16.4 Å². The van der Waals surface area contributed by atoms with Crippen LogP contribution < -0.4 is 4.90 Å². The monoisotopic (exact) mass is 374 g/mol. The van der Waals surface area contributed by atoms with Gasteiger partial charge in [-0.15, -0.1) is 0 Å². The van der Waals surface area contributed by atoms with Crippen LogP contribution in [0.4, 0.5) is 5.69 Å². The molecular weight excluding hydrogens is 352 g/mol. The Morgan fingerprint density at radius 2 is 1.58 bits per heavy atom. The number of hydrogen-bond donors (Lipinski definition) is 2. The molecule has 2 aliphatic heterocycles. The van der Waals surface area contributed by atoms with Crippen LogP contribution in [0.5, 0.6) is 11.5 Å². The molecule has 0 aliphatic carbocycles. The van der Waals surface area contributed by atoms with Crippen LogP contribution in [-0.2, 0) is 23.1 Å². The molecule has 138 valence electrons. The first kappa shape index (κ1) is 17.2. The number of aromatic hydroxyl groups is 2. The van der Waals surface area contributed by atoms with E-state index >= 15 is 0 Å². The molecule has 0 spiro atoms. The Bertz CT molecular complexity index is 937. The lowest BCUT2D eigenvalue weighted by Crippen LogP contribution is -2.29. The van der Waals surface area contributed by atoms with Crippen molar-refractivity contribution in [3.63, 3.8) is 0 Å². The van der Waals surface area contributed by atoms with Gasteiger partial charge in [0, 0.05) is 37.9 Å². The molecule has 7 heteroatoms. The summed E-state index contributed by atoms with van der Waals surface area (Å²) in [4.78, 5) is 2.17. The largest absolute Gasteiger partial charge is 0.508 e. The van der Waals surface area contributed by atoms with Crippen LogP contribution in [0.25, 0.3) is 0 Å². The smallest absolute Gasteiger partial charge is 0.247 e. The molecular formula is C19H22N2O4S. The standard InChI is InChI=1S/C19H22N2O4S/c22-17-6-7-19(18(23)11-17)26(24,25)21-12-14-4-5-16(10-15(14)13-21)20-8-2-1-3-9-20/h4-7,10-11,22-23H,1-3,8-9,12-13H2. The normalized spacial score (nSPS) is 18.1. The fourth-order valence-electron chi connectivity index (χ4n) is 3.73. The number of nitrogens with zero attached hydrogens (tertiary/aromatic N) is 2. The predicted molar refractivity (Wildman–Crippen MR) is 98.7 cm³/mol. The highest BCUT2D eigenvalue weighted by atomic mass is 32.2. The molecule has 0 radical (unpaired) electrons. The molecule has 6 nitrogen and oxygen atoms in total. The van der Waals surface area contributed by atoms with Crippen molar-refractivity contribution < 1.29 is 18.6 Å². The third kappa shape index (κ3) is 3.01. The van der Waals surface area contributed by atoms with E-state index in [4.69, 9.17) is 0 Å². The SMILES string of the molecule is O=S(=O)(c1ccc(O)cc1O)N1Cc2ccc(N3CCCCC3)cc2C1. The Labute approximate surface area is 153 Å². The number of phenolic OH excluding ortho intramolecular Hbond substituents is 2. The summed E-state index contributed by atoms with van der Waals surface area (Å²) in [6.45, 7) is 2.67. The lowest BCUT2D eigenvalue weighted by molar-refractivity contribution is 0.415. The molecule has 2 aromatic rings. The highest BCUT2D eigenvalue weighted by Gasteiger charge is 2.32. The highest BCUT2D eigenvalue weighted by molar-refractivity contribution is 7.89. The molecule has 1 saturated heterocycles. The number of anilines is 1. The van der Waals surface area contributed by atoms with Gasteiger partial charge in [0.25, 0.3) is 0 Å². The Hall–Kier alpha value is -2.25. The van der Waals surface area contributed by atoms with Crippen molar-refractivity contribution in [3.8, 4) is 11.5 Å². The lowest BCUT2D eigenvalue weighted by Gasteiger charge is -2.29. The molecule has 0 amide bonds. The second-order valence-corrected chi connectivity index (χ2v) is 8.83. The molecule has 2 aliphatic rings. The van der Waals surface area contributed by atoms with Crippen LogP contribution in [0, 0.1) is 0 Å². The maximum Gasteiger partial charge on any atom is 0.247 e. The molecule has 2 heterocycles. The molecule has 1 fully saturated rings. The first-order valence-electron chi connectivity index (χ1n) is 8.84. The van der Waals surface area contributed by atoms with Gasteiger partial charge in [-0.05, 0) is 54.7 Å². The minimum Gasteiger partial charge on any atom is -0.508 e. The number of hydrogen-bond acceptors (Lipinski definition) is 5. The minimum absolute atomic E-state index is 0.169. The van der Waals surface area contributed by atoms with E-state index in [9.17, 15) is 18.6 Å². The fourth-order valence-corrected chi connectivity index (χ4v) is 5.19. The number of piperidine rings is 1. The number of benzene rings is 2. The zero-order valence-electron chi connectivity index (χ0n) is 14.4. The van der Waals surface area contributed by atoms with Gasteiger partial charge in [0.15, 0.2) is 0 Å². The summed E-state index contributed by atoms with van der Waals surface area (Å²) < 4.78 is 27.2. The Kier molecular flexibility index (Phi) is 4.28. The second kappa shape index (κ2) is 6.48. The van der Waals surface area contributed by atoms with Gasteiger partial charge < -0.3 is 15.1 Å². The van der Waals surface area contributed by atoms with Gasteiger partial charge in [-0.3, -0.25) is 0 Å². The minimum atomic E-state index is -3.83. The third-order valence-corrected chi connectivity index (χ3v) is 7.00. The summed E-state index contributed by atoms with van der Waals surface area (Å²) >= 11 is 0. The maximum atomic E-state index is 12.9. The number of fused-ring (bicyclic) bond motifs is 1. The number of rotatable bonds is 3. The maximum absolute atomic E-state index is 12.9. The first-order valence-corrected chi connectivity index (χ1v) is 10.3. The fraction of sp³-hybridized carbons (Fsp3) is 0.368. The zero-order chi connectivity index (χ0) is 18.3. The van der Waals surface area contributed by atoms with Crippen LogP contribution in [0.3, 0.4) is 0 Å². The molecule has 2 N–H and O–H groups in total. The van der Waals surface area contributed by atoms with Crippen LogP contribution in [-0.4, -0.2) is 36.0 Å². The van der Waals surface area contributed by atoms with Crippen molar-refractivity contribution in [2.24, 2.45) is 0 Å². The molecule has 26 heavy (non-hydrogen) atoms. The van der Waals surface area contributed by atoms with Crippen LogP contribution >= 0.6 is 0 Å². The van der Waals surface area contributed by atoms with E-state index in [1.165, 1.54) is 35.7 Å². The zero-order valence-corrected chi connectivity index (χ0v) is 15.2. The van der Waals surface area contributed by atoms with E-state index in [0.29, 0.717) is 6.54 Å². The van der Waals surface area contributed by atoms with E-state index in [2.05, 4.69) is 17.0 Å². The van der Waals surface area contributed by atoms with Crippen LogP contribution in [0.2, 0.25) is 0 Å². The van der Waals surface area contributed by atoms with Crippen molar-refractivity contribution in [2.75, 3.05) is 18.0 Å². The molecule has 2 aromatic carbocycles. The molecule has 0 saturated carbocycles. The molecule has 4 rings (SSSR count). The van der Waals surface area contributed by atoms with Crippen molar-refractivity contribution >= 4 is 15.7 Å². The average molecular weight is 374 g/mol. The summed E-state index contributed by atoms with van der Waals surface area (Å²) in [6, 6.07) is 9.72. The molecule has 0 atom stereocenters. The Balaban J connectivity index is 1.59. The Morgan fingerprint density at radius 3 is 2.31 bits per heavy atom. The predicted octanol–water partition coefficient (Wildman–Crippen LogP) is 2.79. The van der Waals surface area contributed by atoms with Crippen LogP contribution in [0.15, 0.2) is 41.3 Å². The third-order valence-electron chi connectivity index (χ3n) is 5.16. The quantitative estimate of drug-likeness (QED) is 0.863. The van der Waals surface area contributed by atoms with Gasteiger partial charge in [0.05, 0.1) is 0 Å². The first-order chi connectivity index (χ1) is 12.4. The molecule has 0 bridgehead atoms. The van der Waals surface area contributed by atoms with Gasteiger partial charge >= 0.3 is 0 Å². The van der Waals surface area contributed by atoms with Crippen molar-refractivity contribution in [2.45, 2.75) is 37.2 Å². The van der Waals surface area contributed by atoms with E-state index in [-0.39, 0.29) is 17.2 Å². The summed E-state index contributed by atoms with van der Waals surface area (Å²) in [6.07, 6.45) is 3.65. The van der Waals surface area contributed by atoms with Crippen LogP contribution in [0.1, 0.15) is 30.4 Å². The summed E-state index contributed by atoms with van der Waals surface area (Å²) in [5.41, 5.74) is 3.15. The van der Waals surface area contributed by atoms with Crippen molar-refractivity contribution in [3.05, 3.63) is 47.5 Å². The highest BCUT2D eigenvalue weighted by Crippen LogP contribution is 2.35. The van der Waals surface area contributed by atoms with Crippen molar-refractivity contribution in [1.82, 2.24) is 4.31 Å². The topological polar surface area (TPSA) is 81.1 Å². The van der Waals surface area contributed by atoms with Gasteiger partial charge in [-0.2, -0.15) is 4.31 Å². The second-order valence-electron chi connectivity index (χ2n) is 6.93. The Morgan fingerprint density at radius 1 is 0.846 bits per heavy atom. The summed E-state index contributed by atoms with van der Waals surface area (Å²) in [5.74, 6) is -0.604. The van der Waals surface area contributed by atoms with E-state index < -0.39 is 15.8 Å². The summed E-state index contributed by atoms with van der Waals surface area (Å²) in [5, 5.41) is 19.3. The van der Waals surface area contributed by atoms with Gasteiger partial charge in [-0.25, -0.2) is 8.42 Å². The molecule has 0 aromatic heterocycles. The number of sulfonamides is 1. The van der Waals surface area contributed by atoms with Gasteiger partial charge in [0.2, 0.25) is 10.0 Å². The van der Waals surface area contributed by atoms with E-state index in [0.717, 1.165) is 36.0 Å². The van der Waals surface area contributed by atoms with Gasteiger partial charge in [-0.1, -0.05) is 6.07 Å². The van der Waals surface area contributed by atoms with E-state index in [1.54, 1.807) is 0 Å².